The average molecular weight is 404 g/mol. The van der Waals surface area contributed by atoms with Gasteiger partial charge in [0.05, 0.1) is 12.0 Å². The van der Waals surface area contributed by atoms with Gasteiger partial charge in [0.15, 0.2) is 12.2 Å². The van der Waals surface area contributed by atoms with Gasteiger partial charge in [-0.3, -0.25) is 4.79 Å². The third-order valence-electron chi connectivity index (χ3n) is 5.31. The topological polar surface area (TPSA) is 99.1 Å². The van der Waals surface area contributed by atoms with Crippen molar-refractivity contribution in [3.8, 4) is 0 Å². The van der Waals surface area contributed by atoms with E-state index in [9.17, 15) is 19.5 Å². The van der Waals surface area contributed by atoms with Gasteiger partial charge in [-0.05, 0) is 38.3 Å². The normalized spacial score (nSPS) is 32.6. The lowest BCUT2D eigenvalue weighted by Gasteiger charge is -2.33. The molecule has 0 spiro atoms. The molecule has 7 heteroatoms. The molecule has 0 bridgehead atoms. The SMILES string of the molecule is C=C1C(=O)O[C@@H]2[C@@H]1[C@@H](OC(C)=O)CC(=C)[C@@H](O)C/C=C(\C)[C@H]2OC(=O)/C(C)=C\C. The fourth-order valence-corrected chi connectivity index (χ4v) is 3.47. The molecule has 1 saturated heterocycles. The number of allylic oxidation sites excluding steroid dienone is 1. The number of hydrogen-bond donors (Lipinski definition) is 1. The number of carbonyl (C=O) groups excluding carboxylic acids is 3. The number of esters is 3. The number of carbonyl (C=O) groups is 3. The largest absolute Gasteiger partial charge is 0.461 e. The monoisotopic (exact) mass is 404 g/mol. The van der Waals surface area contributed by atoms with Gasteiger partial charge in [0.2, 0.25) is 0 Å². The van der Waals surface area contributed by atoms with Gasteiger partial charge in [0.25, 0.3) is 0 Å². The highest BCUT2D eigenvalue weighted by Crippen LogP contribution is 2.39. The summed E-state index contributed by atoms with van der Waals surface area (Å²) in [4.78, 5) is 36.5. The fourth-order valence-electron chi connectivity index (χ4n) is 3.47. The van der Waals surface area contributed by atoms with E-state index in [4.69, 9.17) is 14.2 Å². The van der Waals surface area contributed by atoms with E-state index < -0.39 is 48.2 Å². The molecular weight excluding hydrogens is 376 g/mol. The van der Waals surface area contributed by atoms with Crippen molar-refractivity contribution in [3.05, 3.63) is 47.6 Å². The van der Waals surface area contributed by atoms with Gasteiger partial charge >= 0.3 is 17.9 Å². The van der Waals surface area contributed by atoms with E-state index in [2.05, 4.69) is 13.2 Å². The van der Waals surface area contributed by atoms with Crippen LogP contribution in [0.4, 0.5) is 0 Å². The Kier molecular flexibility index (Phi) is 7.19. The molecule has 0 aromatic heterocycles. The maximum Gasteiger partial charge on any atom is 0.334 e. The number of rotatable bonds is 3. The number of ether oxygens (including phenoxy) is 3. The van der Waals surface area contributed by atoms with Crippen molar-refractivity contribution in [3.63, 3.8) is 0 Å². The summed E-state index contributed by atoms with van der Waals surface area (Å²) in [6.07, 6.45) is 0.173. The van der Waals surface area contributed by atoms with Crippen molar-refractivity contribution in [2.24, 2.45) is 5.92 Å². The molecule has 0 aromatic carbocycles. The van der Waals surface area contributed by atoms with Crippen LogP contribution in [0.25, 0.3) is 0 Å². The van der Waals surface area contributed by atoms with Gasteiger partial charge in [-0.15, -0.1) is 0 Å². The molecule has 0 aromatic rings. The van der Waals surface area contributed by atoms with Crippen LogP contribution in [0.15, 0.2) is 47.6 Å². The molecule has 0 saturated carbocycles. The number of hydrogen-bond acceptors (Lipinski definition) is 7. The molecular formula is C22H28O7. The number of fused-ring (bicyclic) bond motifs is 1. The molecule has 1 fully saturated rings. The minimum absolute atomic E-state index is 0.124. The van der Waals surface area contributed by atoms with Crippen LogP contribution in [0.3, 0.4) is 0 Å². The van der Waals surface area contributed by atoms with Crippen LogP contribution in [0.5, 0.6) is 0 Å². The zero-order valence-corrected chi connectivity index (χ0v) is 17.3. The first-order valence-corrected chi connectivity index (χ1v) is 9.50. The van der Waals surface area contributed by atoms with Gasteiger partial charge in [-0.1, -0.05) is 25.3 Å². The summed E-state index contributed by atoms with van der Waals surface area (Å²) in [5, 5.41) is 10.4. The van der Waals surface area contributed by atoms with E-state index in [1.807, 2.05) is 0 Å². The van der Waals surface area contributed by atoms with Gasteiger partial charge in [-0.25, -0.2) is 9.59 Å². The molecule has 0 radical (unpaired) electrons. The molecule has 1 aliphatic carbocycles. The molecule has 1 N–H and O–H groups in total. The summed E-state index contributed by atoms with van der Waals surface area (Å²) in [7, 11) is 0. The lowest BCUT2D eigenvalue weighted by Crippen LogP contribution is -2.43. The summed E-state index contributed by atoms with van der Waals surface area (Å²) >= 11 is 0. The van der Waals surface area contributed by atoms with E-state index in [0.29, 0.717) is 16.7 Å². The first-order valence-electron chi connectivity index (χ1n) is 9.50. The van der Waals surface area contributed by atoms with E-state index >= 15 is 0 Å². The summed E-state index contributed by atoms with van der Waals surface area (Å²) in [5.74, 6) is -2.49. The minimum Gasteiger partial charge on any atom is -0.461 e. The lowest BCUT2D eigenvalue weighted by molar-refractivity contribution is -0.161. The Bertz CT molecular complexity index is 789. The second kappa shape index (κ2) is 9.22. The highest BCUT2D eigenvalue weighted by molar-refractivity contribution is 5.91. The Labute approximate surface area is 170 Å². The molecule has 5 atom stereocenters. The second-order valence-corrected chi connectivity index (χ2v) is 7.43. The number of aliphatic hydroxyl groups excluding tert-OH is 1. The molecule has 0 unspecified atom stereocenters. The number of aliphatic hydroxyl groups is 1. The van der Waals surface area contributed by atoms with Crippen molar-refractivity contribution in [1.82, 2.24) is 0 Å². The van der Waals surface area contributed by atoms with Crippen LogP contribution in [-0.4, -0.2) is 47.4 Å². The van der Waals surface area contributed by atoms with Crippen molar-refractivity contribution in [1.29, 1.82) is 0 Å². The molecule has 1 aliphatic heterocycles. The van der Waals surface area contributed by atoms with Crippen molar-refractivity contribution < 1.29 is 33.7 Å². The minimum atomic E-state index is -0.915. The third-order valence-corrected chi connectivity index (χ3v) is 5.31. The Balaban J connectivity index is 2.54. The second-order valence-electron chi connectivity index (χ2n) is 7.43. The molecule has 1 heterocycles. The molecule has 7 nitrogen and oxygen atoms in total. The van der Waals surface area contributed by atoms with Crippen LogP contribution in [-0.2, 0) is 28.6 Å². The Morgan fingerprint density at radius 1 is 1.28 bits per heavy atom. The molecule has 2 rings (SSSR count). The predicted octanol–water partition coefficient (Wildman–Crippen LogP) is 2.55. The van der Waals surface area contributed by atoms with E-state index in [0.717, 1.165) is 0 Å². The third kappa shape index (κ3) is 5.03. The molecule has 158 valence electrons. The maximum absolute atomic E-state index is 12.4. The van der Waals surface area contributed by atoms with Gasteiger partial charge in [-0.2, -0.15) is 0 Å². The Hall–Kier alpha value is -2.67. The summed E-state index contributed by atoms with van der Waals surface area (Å²) in [5.41, 5.74) is 1.60. The van der Waals surface area contributed by atoms with Gasteiger partial charge in [0, 0.05) is 24.5 Å². The maximum atomic E-state index is 12.4. The first kappa shape index (κ1) is 22.6. The van der Waals surface area contributed by atoms with Crippen LogP contribution in [0, 0.1) is 5.92 Å². The summed E-state index contributed by atoms with van der Waals surface area (Å²) < 4.78 is 16.7. The van der Waals surface area contributed by atoms with Crippen molar-refractivity contribution in [2.45, 2.75) is 65.0 Å². The zero-order valence-electron chi connectivity index (χ0n) is 17.3. The van der Waals surface area contributed by atoms with Crippen LogP contribution in [0.2, 0.25) is 0 Å². The average Bonchev–Trinajstić information content (AvgIpc) is 2.95. The quantitative estimate of drug-likeness (QED) is 0.334. The lowest BCUT2D eigenvalue weighted by atomic mass is 9.81. The molecule has 2 aliphatic rings. The first-order chi connectivity index (χ1) is 13.6. The molecule has 29 heavy (non-hydrogen) atoms. The highest BCUT2D eigenvalue weighted by atomic mass is 16.6. The van der Waals surface area contributed by atoms with E-state index in [1.165, 1.54) is 6.92 Å². The Morgan fingerprint density at radius 3 is 2.52 bits per heavy atom. The molecule has 0 amide bonds. The standard InChI is InChI=1S/C22H28O7/c1-7-11(2)21(25)28-19-12(3)8-9-16(24)13(4)10-17(27-15(6)23)18-14(5)22(26)29-20(18)19/h7-8,16-20,24H,4-5,9-10H2,1-3,6H3/b11-7-,12-8+/t16-,17-,18-,19+,20+/m0/s1. The summed E-state index contributed by atoms with van der Waals surface area (Å²) in [6.45, 7) is 14.0. The van der Waals surface area contributed by atoms with Crippen molar-refractivity contribution in [2.75, 3.05) is 0 Å². The van der Waals surface area contributed by atoms with Crippen LogP contribution in [0.1, 0.15) is 40.5 Å². The van der Waals surface area contributed by atoms with Crippen LogP contribution < -0.4 is 0 Å². The zero-order chi connectivity index (χ0) is 21.9. The highest BCUT2D eigenvalue weighted by Gasteiger charge is 2.50. The van der Waals surface area contributed by atoms with E-state index in [1.54, 1.807) is 32.9 Å². The van der Waals surface area contributed by atoms with E-state index in [-0.39, 0.29) is 18.4 Å². The van der Waals surface area contributed by atoms with Crippen LogP contribution >= 0.6 is 0 Å². The van der Waals surface area contributed by atoms with Crippen molar-refractivity contribution >= 4 is 17.9 Å². The summed E-state index contributed by atoms with van der Waals surface area (Å²) in [6, 6.07) is 0. The van der Waals surface area contributed by atoms with Gasteiger partial charge in [0.1, 0.15) is 6.10 Å². The smallest absolute Gasteiger partial charge is 0.334 e. The fraction of sp³-hybridized carbons (Fsp3) is 0.500. The van der Waals surface area contributed by atoms with Gasteiger partial charge < -0.3 is 19.3 Å². The predicted molar refractivity (Wildman–Crippen MR) is 106 cm³/mol. The Morgan fingerprint density at radius 2 is 1.93 bits per heavy atom.